The molecule has 168 valence electrons. The summed E-state index contributed by atoms with van der Waals surface area (Å²) >= 11 is 0. The number of hydrogen-bond acceptors (Lipinski definition) is 4. The van der Waals surface area contributed by atoms with Crippen molar-refractivity contribution in [3.05, 3.63) is 113 Å². The Morgan fingerprint density at radius 2 is 1.76 bits per heavy atom. The number of ether oxygens (including phenoxy) is 1. The van der Waals surface area contributed by atoms with Crippen LogP contribution in [0, 0.1) is 0 Å². The minimum atomic E-state index is -0.106. The van der Waals surface area contributed by atoms with Gasteiger partial charge in [-0.1, -0.05) is 36.4 Å². The van der Waals surface area contributed by atoms with E-state index in [1.165, 1.54) is 5.39 Å². The number of pyridine rings is 1. The molecule has 0 bridgehead atoms. The molecule has 34 heavy (non-hydrogen) atoms. The number of hydrogen-bond donors (Lipinski definition) is 3. The third kappa shape index (κ3) is 5.14. The zero-order valence-electron chi connectivity index (χ0n) is 18.5. The number of H-pyrrole nitrogens is 2. The first-order valence-electron chi connectivity index (χ1n) is 11.0. The third-order valence-corrected chi connectivity index (χ3v) is 5.46. The fourth-order valence-electron chi connectivity index (χ4n) is 3.66. The van der Waals surface area contributed by atoms with Crippen LogP contribution < -0.4 is 4.74 Å². The maximum atomic E-state index is 9.78. The molecule has 3 heterocycles. The molecule has 0 atom stereocenters. The van der Waals surface area contributed by atoms with Crippen LogP contribution in [-0.2, 0) is 13.2 Å². The summed E-state index contributed by atoms with van der Waals surface area (Å²) in [6.45, 7) is 0.246. The topological polar surface area (TPSA) is 86.8 Å². The molecule has 5 rings (SSSR count). The second-order valence-electron chi connectivity index (χ2n) is 7.87. The molecule has 0 spiro atoms. The Hall–Kier alpha value is -4.42. The summed E-state index contributed by atoms with van der Waals surface area (Å²) in [5.41, 5.74) is 6.48. The summed E-state index contributed by atoms with van der Waals surface area (Å²) in [5.74, 6) is 0.648. The van der Waals surface area contributed by atoms with Gasteiger partial charge in [0.25, 0.3) is 0 Å². The van der Waals surface area contributed by atoms with E-state index in [4.69, 9.17) is 4.74 Å². The normalized spacial score (nSPS) is 11.7. The van der Waals surface area contributed by atoms with E-state index >= 15 is 0 Å². The molecule has 6 nitrogen and oxygen atoms in total. The van der Waals surface area contributed by atoms with Gasteiger partial charge in [0.15, 0.2) is 0 Å². The molecule has 3 N–H and O–H groups in total. The van der Waals surface area contributed by atoms with Crippen LogP contribution in [0.1, 0.15) is 33.8 Å². The zero-order chi connectivity index (χ0) is 23.2. The van der Waals surface area contributed by atoms with Crippen molar-refractivity contribution in [2.75, 3.05) is 0 Å². The first kappa shape index (κ1) is 21.4. The van der Waals surface area contributed by atoms with Gasteiger partial charge in [-0.05, 0) is 71.1 Å². The van der Waals surface area contributed by atoms with Gasteiger partial charge in [-0.2, -0.15) is 5.10 Å². The number of aromatic amines is 2. The second-order valence-corrected chi connectivity index (χ2v) is 7.87. The smallest absolute Gasteiger partial charge is 0.130 e. The fraction of sp³-hybridized carbons (Fsp3) is 0.0714. The van der Waals surface area contributed by atoms with E-state index in [1.54, 1.807) is 6.20 Å². The number of fused-ring (bicyclic) bond motifs is 1. The zero-order valence-corrected chi connectivity index (χ0v) is 18.5. The Morgan fingerprint density at radius 1 is 0.882 bits per heavy atom. The number of benzene rings is 2. The highest BCUT2D eigenvalue weighted by atomic mass is 16.5. The van der Waals surface area contributed by atoms with Crippen molar-refractivity contribution in [2.45, 2.75) is 13.2 Å². The molecule has 0 aliphatic heterocycles. The predicted octanol–water partition coefficient (Wildman–Crippen LogP) is 5.70. The lowest BCUT2D eigenvalue weighted by Gasteiger charge is -2.10. The number of aliphatic hydroxyl groups is 1. The van der Waals surface area contributed by atoms with E-state index in [0.717, 1.165) is 39.3 Å². The minimum absolute atomic E-state index is 0.106. The summed E-state index contributed by atoms with van der Waals surface area (Å²) in [4.78, 5) is 7.49. The standard InChI is InChI=1S/C28H24N4O2/c33-18-23-15-20(7-11-28(23)34-19-26-3-1-2-13-29-26)5-9-24-17-25(32-31-24)10-6-21-4-8-22-12-14-30-27(22)16-21/h1-17,30,33H,18-19H2,(H,31,32)/b9-5+,10-6+. The molecule has 0 aliphatic carbocycles. The molecule has 0 amide bonds. The Morgan fingerprint density at radius 3 is 2.65 bits per heavy atom. The Kier molecular flexibility index (Phi) is 6.31. The van der Waals surface area contributed by atoms with Gasteiger partial charge < -0.3 is 14.8 Å². The Bertz CT molecular complexity index is 1450. The van der Waals surface area contributed by atoms with E-state index in [2.05, 4.69) is 50.5 Å². The highest BCUT2D eigenvalue weighted by Crippen LogP contribution is 2.23. The molecular weight excluding hydrogens is 424 g/mol. The Labute approximate surface area is 197 Å². The largest absolute Gasteiger partial charge is 0.487 e. The fourth-order valence-corrected chi connectivity index (χ4v) is 3.66. The monoisotopic (exact) mass is 448 g/mol. The van der Waals surface area contributed by atoms with Gasteiger partial charge >= 0.3 is 0 Å². The summed E-state index contributed by atoms with van der Waals surface area (Å²) < 4.78 is 5.84. The predicted molar refractivity (Wildman–Crippen MR) is 136 cm³/mol. The van der Waals surface area contributed by atoms with Crippen molar-refractivity contribution < 1.29 is 9.84 Å². The Balaban J connectivity index is 1.24. The van der Waals surface area contributed by atoms with Crippen LogP contribution in [0.4, 0.5) is 0 Å². The van der Waals surface area contributed by atoms with Crippen LogP contribution in [0.3, 0.4) is 0 Å². The van der Waals surface area contributed by atoms with Crippen LogP contribution in [0.2, 0.25) is 0 Å². The lowest BCUT2D eigenvalue weighted by molar-refractivity contribution is 0.257. The molecule has 0 radical (unpaired) electrons. The van der Waals surface area contributed by atoms with E-state index in [9.17, 15) is 5.11 Å². The molecule has 0 unspecified atom stereocenters. The summed E-state index contributed by atoms with van der Waals surface area (Å²) in [6.07, 6.45) is 11.6. The second kappa shape index (κ2) is 10.0. The van der Waals surface area contributed by atoms with E-state index in [0.29, 0.717) is 12.4 Å². The first-order valence-corrected chi connectivity index (χ1v) is 11.0. The maximum Gasteiger partial charge on any atom is 0.130 e. The van der Waals surface area contributed by atoms with Crippen LogP contribution in [0.5, 0.6) is 5.75 Å². The van der Waals surface area contributed by atoms with Crippen LogP contribution in [0.15, 0.2) is 79.1 Å². The lowest BCUT2D eigenvalue weighted by Crippen LogP contribution is -2.00. The molecule has 3 aromatic heterocycles. The molecule has 0 saturated carbocycles. The maximum absolute atomic E-state index is 9.78. The van der Waals surface area contributed by atoms with Crippen molar-refractivity contribution in [2.24, 2.45) is 0 Å². The summed E-state index contributed by atoms with van der Waals surface area (Å²) in [6, 6.07) is 21.8. The minimum Gasteiger partial charge on any atom is -0.487 e. The highest BCUT2D eigenvalue weighted by molar-refractivity contribution is 5.83. The van der Waals surface area contributed by atoms with Gasteiger partial charge in [0.05, 0.1) is 23.7 Å². The van der Waals surface area contributed by atoms with Gasteiger partial charge in [-0.25, -0.2) is 0 Å². The average molecular weight is 449 g/mol. The first-order chi connectivity index (χ1) is 16.8. The van der Waals surface area contributed by atoms with E-state index < -0.39 is 0 Å². The van der Waals surface area contributed by atoms with Crippen LogP contribution >= 0.6 is 0 Å². The molecule has 5 aromatic rings. The third-order valence-electron chi connectivity index (χ3n) is 5.46. The molecule has 0 aliphatic rings. The van der Waals surface area contributed by atoms with Crippen molar-refractivity contribution >= 4 is 35.2 Å². The van der Waals surface area contributed by atoms with Crippen LogP contribution in [0.25, 0.3) is 35.2 Å². The van der Waals surface area contributed by atoms with Gasteiger partial charge in [0.1, 0.15) is 12.4 Å². The molecule has 6 heteroatoms. The van der Waals surface area contributed by atoms with Crippen molar-refractivity contribution in [3.63, 3.8) is 0 Å². The van der Waals surface area contributed by atoms with E-state index in [-0.39, 0.29) is 6.61 Å². The molecule has 2 aromatic carbocycles. The average Bonchev–Trinajstić information content (AvgIpc) is 3.55. The van der Waals surface area contributed by atoms with Gasteiger partial charge in [-0.15, -0.1) is 0 Å². The molecule has 0 fully saturated rings. The number of rotatable bonds is 8. The number of aromatic nitrogens is 4. The lowest BCUT2D eigenvalue weighted by atomic mass is 10.1. The summed E-state index contributed by atoms with van der Waals surface area (Å²) in [7, 11) is 0. The van der Waals surface area contributed by atoms with Gasteiger partial charge in [-0.3, -0.25) is 10.1 Å². The molecule has 0 saturated heterocycles. The number of nitrogens with one attached hydrogen (secondary N) is 2. The number of nitrogens with zero attached hydrogens (tertiary/aromatic N) is 2. The van der Waals surface area contributed by atoms with Crippen molar-refractivity contribution in [3.8, 4) is 5.75 Å². The summed E-state index contributed by atoms with van der Waals surface area (Å²) in [5, 5.41) is 18.4. The highest BCUT2D eigenvalue weighted by Gasteiger charge is 2.05. The van der Waals surface area contributed by atoms with Crippen molar-refractivity contribution in [1.82, 2.24) is 20.2 Å². The van der Waals surface area contributed by atoms with Crippen LogP contribution in [-0.4, -0.2) is 25.3 Å². The van der Waals surface area contributed by atoms with E-state index in [1.807, 2.05) is 66.9 Å². The van der Waals surface area contributed by atoms with Gasteiger partial charge in [0.2, 0.25) is 0 Å². The quantitative estimate of drug-likeness (QED) is 0.284. The number of aliphatic hydroxyl groups excluding tert-OH is 1. The van der Waals surface area contributed by atoms with Gasteiger partial charge in [0, 0.05) is 23.5 Å². The molecular formula is C28H24N4O2. The van der Waals surface area contributed by atoms with Crippen molar-refractivity contribution in [1.29, 1.82) is 0 Å². The SMILES string of the molecule is OCc1cc(/C=C/c2cc(/C=C/c3ccc4cc[nH]c4c3)[nH]n2)ccc1OCc1ccccn1.